The highest BCUT2D eigenvalue weighted by molar-refractivity contribution is 6.33. The van der Waals surface area contributed by atoms with Gasteiger partial charge in [-0.1, -0.05) is 53.2 Å². The summed E-state index contributed by atoms with van der Waals surface area (Å²) in [5.74, 6) is 1.06. The number of likely N-dealkylation sites (tertiary alicyclic amines) is 1. The smallest absolute Gasteiger partial charge is 0.241 e. The first-order chi connectivity index (χ1) is 17.6. The number of hydrogen-bond acceptors (Lipinski definition) is 7. The fourth-order valence-corrected chi connectivity index (χ4v) is 5.01. The summed E-state index contributed by atoms with van der Waals surface area (Å²) in [7, 11) is 0. The van der Waals surface area contributed by atoms with E-state index in [1.807, 2.05) is 18.2 Å². The number of rotatable bonds is 8. The molecule has 1 atom stereocenters. The van der Waals surface area contributed by atoms with E-state index in [-0.39, 0.29) is 11.8 Å². The van der Waals surface area contributed by atoms with Gasteiger partial charge in [0.05, 0.1) is 30.7 Å². The Bertz CT molecular complexity index is 1150. The quantitative estimate of drug-likeness (QED) is 0.495. The summed E-state index contributed by atoms with van der Waals surface area (Å²) in [5.41, 5.74) is 3.15. The molecule has 3 aromatic rings. The summed E-state index contributed by atoms with van der Waals surface area (Å²) >= 11 is 6.25. The van der Waals surface area contributed by atoms with Gasteiger partial charge in [0.1, 0.15) is 0 Å². The number of carbonyl (C=O) groups is 1. The standard InChI is InChI=1S/C27H32ClN5O3/c28-24-6-2-1-5-23(24)26-30-25(36-31-26)19-33-11-3-4-22(18-33)27(34)29-16-20-7-9-21(10-8-20)17-32-12-14-35-15-13-32/h1-2,5-10,22H,3-4,11-19H2,(H,29,34). The average molecular weight is 510 g/mol. The predicted octanol–water partition coefficient (Wildman–Crippen LogP) is 3.75. The number of nitrogens with zero attached hydrogens (tertiary/aromatic N) is 4. The number of halogens is 1. The fraction of sp³-hybridized carbons (Fsp3) is 0.444. The van der Waals surface area contributed by atoms with Crippen LogP contribution in [0.2, 0.25) is 5.02 Å². The summed E-state index contributed by atoms with van der Waals surface area (Å²) in [4.78, 5) is 22.0. The summed E-state index contributed by atoms with van der Waals surface area (Å²) in [5, 5.41) is 7.80. The molecule has 190 valence electrons. The second kappa shape index (κ2) is 12.0. The van der Waals surface area contributed by atoms with E-state index in [9.17, 15) is 4.79 Å². The van der Waals surface area contributed by atoms with E-state index in [2.05, 4.69) is 49.5 Å². The van der Waals surface area contributed by atoms with Gasteiger partial charge in [-0.15, -0.1) is 0 Å². The predicted molar refractivity (Wildman–Crippen MR) is 137 cm³/mol. The molecular weight excluding hydrogens is 478 g/mol. The second-order valence-electron chi connectivity index (χ2n) is 9.49. The van der Waals surface area contributed by atoms with Gasteiger partial charge in [-0.3, -0.25) is 14.6 Å². The number of carbonyl (C=O) groups excluding carboxylic acids is 1. The van der Waals surface area contributed by atoms with Gasteiger partial charge < -0.3 is 14.6 Å². The molecule has 1 unspecified atom stereocenters. The Kier molecular flexibility index (Phi) is 8.28. The summed E-state index contributed by atoms with van der Waals surface area (Å²) < 4.78 is 10.9. The number of hydrogen-bond donors (Lipinski definition) is 1. The number of benzene rings is 2. The number of nitrogens with one attached hydrogen (secondary N) is 1. The Balaban J connectivity index is 1.09. The zero-order valence-corrected chi connectivity index (χ0v) is 21.1. The third-order valence-electron chi connectivity index (χ3n) is 6.82. The lowest BCUT2D eigenvalue weighted by atomic mass is 9.97. The largest absolute Gasteiger partial charge is 0.379 e. The van der Waals surface area contributed by atoms with Crippen molar-refractivity contribution in [2.24, 2.45) is 5.92 Å². The Hall–Kier alpha value is -2.78. The number of amides is 1. The molecule has 1 N–H and O–H groups in total. The van der Waals surface area contributed by atoms with Gasteiger partial charge in [0, 0.05) is 38.3 Å². The minimum absolute atomic E-state index is 0.0506. The van der Waals surface area contributed by atoms with E-state index in [0.717, 1.165) is 63.4 Å². The van der Waals surface area contributed by atoms with Crippen molar-refractivity contribution in [1.29, 1.82) is 0 Å². The lowest BCUT2D eigenvalue weighted by Gasteiger charge is -2.30. The van der Waals surface area contributed by atoms with E-state index in [1.165, 1.54) is 5.56 Å². The summed E-state index contributed by atoms with van der Waals surface area (Å²) in [6.45, 7) is 7.14. The molecule has 0 saturated carbocycles. The van der Waals surface area contributed by atoms with Crippen LogP contribution >= 0.6 is 11.6 Å². The molecule has 0 bridgehead atoms. The molecule has 2 fully saturated rings. The number of aromatic nitrogens is 2. The lowest BCUT2D eigenvalue weighted by molar-refractivity contribution is -0.127. The average Bonchev–Trinajstić information content (AvgIpc) is 3.37. The maximum absolute atomic E-state index is 12.9. The van der Waals surface area contributed by atoms with Gasteiger partial charge in [-0.2, -0.15) is 4.98 Å². The summed E-state index contributed by atoms with van der Waals surface area (Å²) in [6.07, 6.45) is 1.84. The SMILES string of the molecule is O=C(NCc1ccc(CN2CCOCC2)cc1)C1CCCN(Cc2nc(-c3ccccc3Cl)no2)C1. The third-order valence-corrected chi connectivity index (χ3v) is 7.15. The zero-order valence-electron chi connectivity index (χ0n) is 20.4. The third kappa shape index (κ3) is 6.50. The number of morpholine rings is 1. The molecule has 9 heteroatoms. The molecule has 2 aliphatic heterocycles. The Labute approximate surface area is 216 Å². The molecule has 1 aromatic heterocycles. The maximum Gasteiger partial charge on any atom is 0.241 e. The van der Waals surface area contributed by atoms with Crippen LogP contribution in [0, 0.1) is 5.92 Å². The van der Waals surface area contributed by atoms with E-state index in [1.54, 1.807) is 6.07 Å². The number of piperidine rings is 1. The van der Waals surface area contributed by atoms with Gasteiger partial charge in [-0.25, -0.2) is 0 Å². The monoisotopic (exact) mass is 509 g/mol. The Morgan fingerprint density at radius 2 is 1.78 bits per heavy atom. The van der Waals surface area contributed by atoms with E-state index in [0.29, 0.717) is 36.4 Å². The molecule has 3 heterocycles. The van der Waals surface area contributed by atoms with Crippen LogP contribution in [0.1, 0.15) is 29.9 Å². The number of ether oxygens (including phenoxy) is 1. The first-order valence-corrected chi connectivity index (χ1v) is 13.0. The van der Waals surface area contributed by atoms with Gasteiger partial charge in [0.25, 0.3) is 0 Å². The highest BCUT2D eigenvalue weighted by Gasteiger charge is 2.27. The maximum atomic E-state index is 12.9. The Morgan fingerprint density at radius 3 is 2.58 bits per heavy atom. The van der Waals surface area contributed by atoms with Crippen LogP contribution in [0.4, 0.5) is 0 Å². The highest BCUT2D eigenvalue weighted by atomic mass is 35.5. The van der Waals surface area contributed by atoms with Crippen LogP contribution in [-0.2, 0) is 29.2 Å². The van der Waals surface area contributed by atoms with Crippen LogP contribution in [-0.4, -0.2) is 65.2 Å². The van der Waals surface area contributed by atoms with Crippen molar-refractivity contribution >= 4 is 17.5 Å². The van der Waals surface area contributed by atoms with Crippen molar-refractivity contribution in [2.45, 2.75) is 32.5 Å². The van der Waals surface area contributed by atoms with Crippen molar-refractivity contribution in [3.8, 4) is 11.4 Å². The van der Waals surface area contributed by atoms with Crippen LogP contribution in [0.3, 0.4) is 0 Å². The van der Waals surface area contributed by atoms with Gasteiger partial charge in [0.2, 0.25) is 17.6 Å². The normalized spacial score (nSPS) is 19.3. The molecule has 0 spiro atoms. The molecular formula is C27H32ClN5O3. The van der Waals surface area contributed by atoms with Crippen molar-refractivity contribution in [2.75, 3.05) is 39.4 Å². The van der Waals surface area contributed by atoms with E-state index < -0.39 is 0 Å². The Morgan fingerprint density at radius 1 is 1.00 bits per heavy atom. The molecule has 1 amide bonds. The minimum Gasteiger partial charge on any atom is -0.379 e. The van der Waals surface area contributed by atoms with Crippen LogP contribution in [0.25, 0.3) is 11.4 Å². The van der Waals surface area contributed by atoms with Gasteiger partial charge in [-0.05, 0) is 42.6 Å². The molecule has 2 aliphatic rings. The van der Waals surface area contributed by atoms with Gasteiger partial charge in [0.15, 0.2) is 0 Å². The molecule has 2 saturated heterocycles. The van der Waals surface area contributed by atoms with Crippen LogP contribution in [0.5, 0.6) is 0 Å². The van der Waals surface area contributed by atoms with Crippen molar-refractivity contribution in [3.63, 3.8) is 0 Å². The molecule has 0 radical (unpaired) electrons. The zero-order chi connectivity index (χ0) is 24.7. The highest BCUT2D eigenvalue weighted by Crippen LogP contribution is 2.26. The van der Waals surface area contributed by atoms with Crippen LogP contribution in [0.15, 0.2) is 53.1 Å². The van der Waals surface area contributed by atoms with Crippen molar-refractivity contribution in [3.05, 3.63) is 70.6 Å². The van der Waals surface area contributed by atoms with Crippen LogP contribution < -0.4 is 5.32 Å². The lowest BCUT2D eigenvalue weighted by Crippen LogP contribution is -2.42. The first-order valence-electron chi connectivity index (χ1n) is 12.6. The second-order valence-corrected chi connectivity index (χ2v) is 9.90. The fourth-order valence-electron chi connectivity index (χ4n) is 4.79. The van der Waals surface area contributed by atoms with E-state index >= 15 is 0 Å². The molecule has 5 rings (SSSR count). The van der Waals surface area contributed by atoms with E-state index in [4.69, 9.17) is 20.9 Å². The molecule has 0 aliphatic carbocycles. The summed E-state index contributed by atoms with van der Waals surface area (Å²) in [6, 6.07) is 16.0. The molecule has 36 heavy (non-hydrogen) atoms. The topological polar surface area (TPSA) is 83.7 Å². The van der Waals surface area contributed by atoms with Crippen molar-refractivity contribution in [1.82, 2.24) is 25.3 Å². The van der Waals surface area contributed by atoms with Gasteiger partial charge >= 0.3 is 0 Å². The molecule has 8 nitrogen and oxygen atoms in total. The first kappa shape index (κ1) is 24.9. The van der Waals surface area contributed by atoms with Crippen molar-refractivity contribution < 1.29 is 14.1 Å². The molecule has 2 aromatic carbocycles. The minimum atomic E-state index is -0.0506.